The van der Waals surface area contributed by atoms with Gasteiger partial charge in [-0.2, -0.15) is 0 Å². The molecule has 0 unspecified atom stereocenters. The standard InChI is InChI=1S/C23H16ClNO3S/c1-28-19-13-12-16(24)14-18(19)25-22(26)20(15-8-4-2-5-9-15)21(23(25)27)29-17-10-6-3-7-11-17/h2-14H,1H3. The highest BCUT2D eigenvalue weighted by molar-refractivity contribution is 8.04. The van der Waals surface area contributed by atoms with Crippen LogP contribution in [0.3, 0.4) is 0 Å². The van der Waals surface area contributed by atoms with Gasteiger partial charge in [-0.3, -0.25) is 9.59 Å². The highest BCUT2D eigenvalue weighted by Crippen LogP contribution is 2.43. The first-order chi connectivity index (χ1) is 14.1. The fraction of sp³-hybridized carbons (Fsp3) is 0.0435. The second-order valence-electron chi connectivity index (χ2n) is 6.25. The first-order valence-corrected chi connectivity index (χ1v) is 10.0. The third-order valence-electron chi connectivity index (χ3n) is 4.45. The molecule has 1 heterocycles. The first-order valence-electron chi connectivity index (χ1n) is 8.85. The molecule has 4 nitrogen and oxygen atoms in total. The maximum Gasteiger partial charge on any atom is 0.273 e. The molecular weight excluding hydrogens is 406 g/mol. The number of methoxy groups -OCH3 is 1. The zero-order chi connectivity index (χ0) is 20.4. The number of hydrogen-bond donors (Lipinski definition) is 0. The number of thioether (sulfide) groups is 1. The number of rotatable bonds is 5. The molecule has 2 amide bonds. The van der Waals surface area contributed by atoms with E-state index in [9.17, 15) is 9.59 Å². The Balaban J connectivity index is 1.85. The van der Waals surface area contributed by atoms with Crippen molar-refractivity contribution < 1.29 is 14.3 Å². The minimum atomic E-state index is -0.403. The summed E-state index contributed by atoms with van der Waals surface area (Å²) in [5.41, 5.74) is 1.38. The molecule has 0 saturated heterocycles. The maximum absolute atomic E-state index is 13.4. The molecule has 0 saturated carbocycles. The van der Waals surface area contributed by atoms with E-state index in [1.165, 1.54) is 18.9 Å². The van der Waals surface area contributed by atoms with E-state index in [1.54, 1.807) is 18.2 Å². The van der Waals surface area contributed by atoms with Crippen LogP contribution in [0.15, 0.2) is 88.7 Å². The zero-order valence-electron chi connectivity index (χ0n) is 15.5. The third-order valence-corrected chi connectivity index (χ3v) is 5.77. The lowest BCUT2D eigenvalue weighted by molar-refractivity contribution is -0.119. The van der Waals surface area contributed by atoms with E-state index >= 15 is 0 Å². The lowest BCUT2D eigenvalue weighted by atomic mass is 10.1. The van der Waals surface area contributed by atoms with Crippen LogP contribution >= 0.6 is 23.4 Å². The molecular formula is C23H16ClNO3S. The lowest BCUT2D eigenvalue weighted by Gasteiger charge is -2.18. The molecule has 29 heavy (non-hydrogen) atoms. The number of hydrogen-bond acceptors (Lipinski definition) is 4. The number of imide groups is 1. The Bertz CT molecular complexity index is 1110. The molecule has 3 aromatic carbocycles. The number of carbonyl (C=O) groups excluding carboxylic acids is 2. The van der Waals surface area contributed by atoms with Crippen LogP contribution in [0.1, 0.15) is 5.56 Å². The number of anilines is 1. The Morgan fingerprint density at radius 3 is 2.17 bits per heavy atom. The van der Waals surface area contributed by atoms with Gasteiger partial charge in [0.1, 0.15) is 5.75 Å². The molecule has 0 spiro atoms. The second-order valence-corrected chi connectivity index (χ2v) is 7.77. The van der Waals surface area contributed by atoms with Gasteiger partial charge >= 0.3 is 0 Å². The van der Waals surface area contributed by atoms with Crippen molar-refractivity contribution in [2.75, 3.05) is 12.0 Å². The predicted molar refractivity (Wildman–Crippen MR) is 116 cm³/mol. The number of ether oxygens (including phenoxy) is 1. The molecule has 0 radical (unpaired) electrons. The van der Waals surface area contributed by atoms with E-state index in [0.717, 1.165) is 9.80 Å². The minimum absolute atomic E-state index is 0.326. The molecule has 6 heteroatoms. The summed E-state index contributed by atoms with van der Waals surface area (Å²) in [7, 11) is 1.49. The van der Waals surface area contributed by atoms with Crippen LogP contribution in [0.5, 0.6) is 5.75 Å². The molecule has 3 aromatic rings. The topological polar surface area (TPSA) is 46.6 Å². The quantitative estimate of drug-likeness (QED) is 0.515. The van der Waals surface area contributed by atoms with Crippen LogP contribution < -0.4 is 9.64 Å². The SMILES string of the molecule is COc1ccc(Cl)cc1N1C(=O)C(Sc2ccccc2)=C(c2ccccc2)C1=O. The van der Waals surface area contributed by atoms with Crippen LogP contribution in [0.2, 0.25) is 5.02 Å². The smallest absolute Gasteiger partial charge is 0.273 e. The maximum atomic E-state index is 13.4. The van der Waals surface area contributed by atoms with Crippen LogP contribution in [0.4, 0.5) is 5.69 Å². The van der Waals surface area contributed by atoms with Crippen molar-refractivity contribution >= 4 is 46.4 Å². The van der Waals surface area contributed by atoms with E-state index < -0.39 is 11.8 Å². The van der Waals surface area contributed by atoms with E-state index in [4.69, 9.17) is 16.3 Å². The molecule has 0 aliphatic carbocycles. The van der Waals surface area contributed by atoms with Crippen LogP contribution in [0.25, 0.3) is 5.57 Å². The summed E-state index contributed by atoms with van der Waals surface area (Å²) in [5.74, 6) is -0.405. The summed E-state index contributed by atoms with van der Waals surface area (Å²) in [5, 5.41) is 0.409. The van der Waals surface area contributed by atoms with Crippen LogP contribution in [-0.2, 0) is 9.59 Å². The molecule has 1 aliphatic rings. The molecule has 0 bridgehead atoms. The van der Waals surface area contributed by atoms with Crippen molar-refractivity contribution in [2.45, 2.75) is 4.90 Å². The average Bonchev–Trinajstić information content (AvgIpc) is 2.99. The Morgan fingerprint density at radius 2 is 1.52 bits per heavy atom. The monoisotopic (exact) mass is 421 g/mol. The first kappa shape index (κ1) is 19.3. The van der Waals surface area contributed by atoms with Gasteiger partial charge < -0.3 is 4.74 Å². The normalized spacial score (nSPS) is 13.9. The van der Waals surface area contributed by atoms with Gasteiger partial charge in [0.25, 0.3) is 11.8 Å². The van der Waals surface area contributed by atoms with Crippen molar-refractivity contribution in [3.05, 3.63) is 94.4 Å². The van der Waals surface area contributed by atoms with Gasteiger partial charge in [0.15, 0.2) is 0 Å². The van der Waals surface area contributed by atoms with Gasteiger partial charge in [0.2, 0.25) is 0 Å². The molecule has 0 aromatic heterocycles. The highest BCUT2D eigenvalue weighted by atomic mass is 35.5. The number of halogens is 1. The Morgan fingerprint density at radius 1 is 0.862 bits per heavy atom. The fourth-order valence-corrected chi connectivity index (χ4v) is 4.31. The van der Waals surface area contributed by atoms with Crippen LogP contribution in [0, 0.1) is 0 Å². The van der Waals surface area contributed by atoms with Gasteiger partial charge in [-0.05, 0) is 35.9 Å². The summed E-state index contributed by atoms with van der Waals surface area (Å²) in [6.07, 6.45) is 0. The molecule has 1 aliphatic heterocycles. The summed E-state index contributed by atoms with van der Waals surface area (Å²) in [6, 6.07) is 23.6. The highest BCUT2D eigenvalue weighted by Gasteiger charge is 2.41. The summed E-state index contributed by atoms with van der Waals surface area (Å²) in [4.78, 5) is 29.2. The van der Waals surface area contributed by atoms with E-state index in [1.807, 2.05) is 60.7 Å². The third kappa shape index (κ3) is 3.67. The summed E-state index contributed by atoms with van der Waals surface area (Å²) < 4.78 is 5.37. The Hall–Kier alpha value is -3.02. The molecule has 144 valence electrons. The predicted octanol–water partition coefficient (Wildman–Crippen LogP) is 5.43. The van der Waals surface area contributed by atoms with Gasteiger partial charge in [-0.25, -0.2) is 4.90 Å². The van der Waals surface area contributed by atoms with Crippen molar-refractivity contribution in [1.29, 1.82) is 0 Å². The molecule has 4 rings (SSSR count). The van der Waals surface area contributed by atoms with Crippen LogP contribution in [-0.4, -0.2) is 18.9 Å². The van der Waals surface area contributed by atoms with Gasteiger partial charge in [-0.15, -0.1) is 0 Å². The van der Waals surface area contributed by atoms with Gasteiger partial charge in [-0.1, -0.05) is 71.9 Å². The van der Waals surface area contributed by atoms with Gasteiger partial charge in [0.05, 0.1) is 23.3 Å². The number of nitrogens with zero attached hydrogens (tertiary/aromatic N) is 1. The summed E-state index contributed by atoms with van der Waals surface area (Å²) >= 11 is 7.42. The number of amides is 2. The largest absolute Gasteiger partial charge is 0.495 e. The van der Waals surface area contributed by atoms with Crippen molar-refractivity contribution in [1.82, 2.24) is 0 Å². The Labute approximate surface area is 177 Å². The van der Waals surface area contributed by atoms with Crippen molar-refractivity contribution in [2.24, 2.45) is 0 Å². The molecule has 0 N–H and O–H groups in total. The zero-order valence-corrected chi connectivity index (χ0v) is 17.0. The van der Waals surface area contributed by atoms with Crippen molar-refractivity contribution in [3.8, 4) is 5.75 Å². The van der Waals surface area contributed by atoms with E-state index in [2.05, 4.69) is 0 Å². The van der Waals surface area contributed by atoms with Gasteiger partial charge in [0, 0.05) is 9.92 Å². The van der Waals surface area contributed by atoms with E-state index in [-0.39, 0.29) is 0 Å². The average molecular weight is 422 g/mol. The fourth-order valence-electron chi connectivity index (χ4n) is 3.13. The van der Waals surface area contributed by atoms with Crippen molar-refractivity contribution in [3.63, 3.8) is 0 Å². The second kappa shape index (κ2) is 8.15. The number of carbonyl (C=O) groups is 2. The number of benzene rings is 3. The summed E-state index contributed by atoms with van der Waals surface area (Å²) in [6.45, 7) is 0. The Kier molecular flexibility index (Phi) is 5.43. The lowest BCUT2D eigenvalue weighted by Crippen LogP contribution is -2.31. The van der Waals surface area contributed by atoms with E-state index in [0.29, 0.717) is 32.5 Å². The minimum Gasteiger partial charge on any atom is -0.495 e. The molecule has 0 atom stereocenters. The molecule has 0 fully saturated rings.